The Labute approximate surface area is 116 Å². The summed E-state index contributed by atoms with van der Waals surface area (Å²) >= 11 is 5.40. The molecule has 0 saturated carbocycles. The SMILES string of the molecule is CC1(C)CC(n2c(=S)[nH]c3cc(F)ccc32)CCO1. The van der Waals surface area contributed by atoms with Gasteiger partial charge in [0.05, 0.1) is 16.6 Å². The van der Waals surface area contributed by atoms with E-state index >= 15 is 0 Å². The maximum Gasteiger partial charge on any atom is 0.178 e. The van der Waals surface area contributed by atoms with E-state index in [2.05, 4.69) is 23.4 Å². The van der Waals surface area contributed by atoms with Crippen molar-refractivity contribution < 1.29 is 9.13 Å². The second-order valence-electron chi connectivity index (χ2n) is 5.72. The van der Waals surface area contributed by atoms with Crippen molar-refractivity contribution in [1.29, 1.82) is 0 Å². The number of halogens is 1. The monoisotopic (exact) mass is 280 g/mol. The number of fused-ring (bicyclic) bond motifs is 1. The lowest BCUT2D eigenvalue weighted by atomic mass is 9.93. The van der Waals surface area contributed by atoms with E-state index in [4.69, 9.17) is 17.0 Å². The van der Waals surface area contributed by atoms with Gasteiger partial charge in [0.1, 0.15) is 5.82 Å². The zero-order chi connectivity index (χ0) is 13.6. The van der Waals surface area contributed by atoms with Gasteiger partial charge >= 0.3 is 0 Å². The number of hydrogen-bond donors (Lipinski definition) is 1. The van der Waals surface area contributed by atoms with E-state index in [1.807, 2.05) is 0 Å². The first-order valence-corrected chi connectivity index (χ1v) is 6.91. The maximum atomic E-state index is 13.3. The van der Waals surface area contributed by atoms with E-state index in [0.717, 1.165) is 30.5 Å². The molecule has 3 nitrogen and oxygen atoms in total. The molecule has 0 aliphatic carbocycles. The summed E-state index contributed by atoms with van der Waals surface area (Å²) in [5, 5.41) is 0. The average Bonchev–Trinajstić information content (AvgIpc) is 2.62. The summed E-state index contributed by atoms with van der Waals surface area (Å²) in [6.45, 7) is 4.92. The highest BCUT2D eigenvalue weighted by atomic mass is 32.1. The Morgan fingerprint density at radius 3 is 3.00 bits per heavy atom. The molecule has 0 spiro atoms. The molecule has 3 rings (SSSR count). The molecule has 1 fully saturated rings. The van der Waals surface area contributed by atoms with Gasteiger partial charge in [-0.05, 0) is 57.1 Å². The Bertz CT molecular complexity index is 674. The molecule has 5 heteroatoms. The van der Waals surface area contributed by atoms with Crippen molar-refractivity contribution in [3.05, 3.63) is 28.8 Å². The number of benzene rings is 1. The molecular weight excluding hydrogens is 263 g/mol. The zero-order valence-corrected chi connectivity index (χ0v) is 11.9. The third kappa shape index (κ3) is 2.32. The number of nitrogens with one attached hydrogen (secondary N) is 1. The lowest BCUT2D eigenvalue weighted by Gasteiger charge is -2.36. The summed E-state index contributed by atoms with van der Waals surface area (Å²) in [6, 6.07) is 5.06. The molecule has 1 atom stereocenters. The number of aromatic nitrogens is 2. The molecule has 102 valence electrons. The molecule has 1 aromatic heterocycles. The highest BCUT2D eigenvalue weighted by Crippen LogP contribution is 2.34. The molecule has 1 aliphatic rings. The number of aromatic amines is 1. The summed E-state index contributed by atoms with van der Waals surface area (Å²) in [5.74, 6) is -0.247. The predicted octanol–water partition coefficient (Wildman–Crippen LogP) is 3.97. The van der Waals surface area contributed by atoms with E-state index in [0.29, 0.717) is 10.8 Å². The van der Waals surface area contributed by atoms with Crippen molar-refractivity contribution in [3.63, 3.8) is 0 Å². The van der Waals surface area contributed by atoms with E-state index in [-0.39, 0.29) is 11.4 Å². The van der Waals surface area contributed by atoms with Gasteiger partial charge < -0.3 is 14.3 Å². The van der Waals surface area contributed by atoms with Crippen LogP contribution in [-0.4, -0.2) is 21.8 Å². The number of hydrogen-bond acceptors (Lipinski definition) is 2. The van der Waals surface area contributed by atoms with E-state index < -0.39 is 0 Å². The number of ether oxygens (including phenoxy) is 1. The molecule has 0 bridgehead atoms. The highest BCUT2D eigenvalue weighted by Gasteiger charge is 2.30. The number of imidazole rings is 1. The summed E-state index contributed by atoms with van der Waals surface area (Å²) < 4.78 is 21.8. The summed E-state index contributed by atoms with van der Waals surface area (Å²) in [6.07, 6.45) is 1.84. The second-order valence-corrected chi connectivity index (χ2v) is 6.10. The first-order valence-electron chi connectivity index (χ1n) is 6.50. The molecule has 0 amide bonds. The molecule has 2 aromatic rings. The van der Waals surface area contributed by atoms with Crippen molar-refractivity contribution in [2.45, 2.75) is 38.3 Å². The molecule has 1 unspecified atom stereocenters. The van der Waals surface area contributed by atoms with Crippen LogP contribution in [0.1, 0.15) is 32.7 Å². The third-order valence-corrected chi connectivity index (χ3v) is 4.01. The highest BCUT2D eigenvalue weighted by molar-refractivity contribution is 7.71. The van der Waals surface area contributed by atoms with E-state index in [9.17, 15) is 4.39 Å². The van der Waals surface area contributed by atoms with Crippen LogP contribution in [0.5, 0.6) is 0 Å². The third-order valence-electron chi connectivity index (χ3n) is 3.71. The Kier molecular flexibility index (Phi) is 2.98. The van der Waals surface area contributed by atoms with Crippen LogP contribution in [-0.2, 0) is 4.74 Å². The van der Waals surface area contributed by atoms with E-state index in [1.54, 1.807) is 6.07 Å². The molecular formula is C14H17FN2OS. The van der Waals surface area contributed by atoms with Gasteiger partial charge in [0.15, 0.2) is 4.77 Å². The van der Waals surface area contributed by atoms with Gasteiger partial charge in [-0.2, -0.15) is 0 Å². The minimum Gasteiger partial charge on any atom is -0.375 e. The van der Waals surface area contributed by atoms with Gasteiger partial charge in [0.2, 0.25) is 0 Å². The predicted molar refractivity (Wildman–Crippen MR) is 75.4 cm³/mol. The van der Waals surface area contributed by atoms with Gasteiger partial charge in [0.25, 0.3) is 0 Å². The maximum absolute atomic E-state index is 13.3. The molecule has 1 aliphatic heterocycles. The normalized spacial score (nSPS) is 22.8. The van der Waals surface area contributed by atoms with Crippen LogP contribution in [0.25, 0.3) is 11.0 Å². The van der Waals surface area contributed by atoms with Crippen molar-refractivity contribution in [2.24, 2.45) is 0 Å². The van der Waals surface area contributed by atoms with Crippen molar-refractivity contribution >= 4 is 23.3 Å². The minimum atomic E-state index is -0.247. The summed E-state index contributed by atoms with van der Waals surface area (Å²) in [7, 11) is 0. The molecule has 1 saturated heterocycles. The zero-order valence-electron chi connectivity index (χ0n) is 11.1. The first kappa shape index (κ1) is 12.8. The van der Waals surface area contributed by atoms with Gasteiger partial charge in [-0.15, -0.1) is 0 Å². The Balaban J connectivity index is 2.09. The fourth-order valence-electron chi connectivity index (χ4n) is 2.89. The average molecular weight is 280 g/mol. The number of H-pyrrole nitrogens is 1. The topological polar surface area (TPSA) is 29.9 Å². The molecule has 2 heterocycles. The van der Waals surface area contributed by atoms with Gasteiger partial charge in [-0.1, -0.05) is 0 Å². The lowest BCUT2D eigenvalue weighted by Crippen LogP contribution is -2.35. The van der Waals surface area contributed by atoms with Crippen LogP contribution in [0.3, 0.4) is 0 Å². The molecule has 1 N–H and O–H groups in total. The second kappa shape index (κ2) is 4.42. The summed E-state index contributed by atoms with van der Waals surface area (Å²) in [5.41, 5.74) is 1.59. The van der Waals surface area contributed by atoms with Crippen molar-refractivity contribution in [2.75, 3.05) is 6.61 Å². The van der Waals surface area contributed by atoms with Crippen LogP contribution in [0.2, 0.25) is 0 Å². The van der Waals surface area contributed by atoms with Gasteiger partial charge in [0, 0.05) is 12.6 Å². The lowest BCUT2D eigenvalue weighted by molar-refractivity contribution is -0.0687. The van der Waals surface area contributed by atoms with Gasteiger partial charge in [-0.25, -0.2) is 4.39 Å². The number of nitrogens with zero attached hydrogens (tertiary/aromatic N) is 1. The smallest absolute Gasteiger partial charge is 0.178 e. The molecule has 0 radical (unpaired) electrons. The van der Waals surface area contributed by atoms with Crippen LogP contribution >= 0.6 is 12.2 Å². The molecule has 19 heavy (non-hydrogen) atoms. The van der Waals surface area contributed by atoms with Crippen LogP contribution in [0, 0.1) is 10.6 Å². The quantitative estimate of drug-likeness (QED) is 0.801. The standard InChI is InChI=1S/C14H17FN2OS/c1-14(2)8-10(5-6-18-14)17-12-4-3-9(15)7-11(12)16-13(17)19/h3-4,7,10H,5-6,8H2,1-2H3,(H,16,19). The fraction of sp³-hybridized carbons (Fsp3) is 0.500. The van der Waals surface area contributed by atoms with Crippen LogP contribution in [0.15, 0.2) is 18.2 Å². The number of rotatable bonds is 1. The minimum absolute atomic E-state index is 0.138. The van der Waals surface area contributed by atoms with Crippen molar-refractivity contribution in [3.8, 4) is 0 Å². The summed E-state index contributed by atoms with van der Waals surface area (Å²) in [4.78, 5) is 3.09. The largest absolute Gasteiger partial charge is 0.375 e. The first-order chi connectivity index (χ1) is 8.96. The van der Waals surface area contributed by atoms with E-state index in [1.165, 1.54) is 12.1 Å². The molecule has 1 aromatic carbocycles. The fourth-order valence-corrected chi connectivity index (χ4v) is 3.24. The van der Waals surface area contributed by atoms with Crippen LogP contribution < -0.4 is 0 Å². The Hall–Kier alpha value is -1.20. The Morgan fingerprint density at radius 1 is 1.47 bits per heavy atom. The van der Waals surface area contributed by atoms with Crippen molar-refractivity contribution in [1.82, 2.24) is 9.55 Å². The Morgan fingerprint density at radius 2 is 2.26 bits per heavy atom. The van der Waals surface area contributed by atoms with Crippen LogP contribution in [0.4, 0.5) is 4.39 Å². The van der Waals surface area contributed by atoms with Gasteiger partial charge in [-0.3, -0.25) is 0 Å².